The number of rotatable bonds is 9. The summed E-state index contributed by atoms with van der Waals surface area (Å²) in [7, 11) is -2.16. The van der Waals surface area contributed by atoms with Gasteiger partial charge in [0.25, 0.3) is 5.91 Å². The fourth-order valence-corrected chi connectivity index (χ4v) is 5.93. The van der Waals surface area contributed by atoms with Crippen molar-refractivity contribution in [1.82, 2.24) is 9.55 Å². The van der Waals surface area contributed by atoms with Gasteiger partial charge in [-0.25, -0.2) is 18.4 Å². The second-order valence-electron chi connectivity index (χ2n) is 12.8. The van der Waals surface area contributed by atoms with E-state index in [0.29, 0.717) is 23.7 Å². The molecular weight excluding hydrogens is 566 g/mol. The molecule has 2 aliphatic rings. The summed E-state index contributed by atoms with van der Waals surface area (Å²) in [5.74, 6) is 1.52. The number of methoxy groups -OCH3 is 1. The largest absolute Gasteiger partial charge is 0.492 e. The van der Waals surface area contributed by atoms with E-state index in [1.54, 1.807) is 18.2 Å². The van der Waals surface area contributed by atoms with Gasteiger partial charge in [-0.05, 0) is 74.4 Å². The Balaban J connectivity index is 1.41. The molecule has 230 valence electrons. The molecule has 1 amide bonds. The van der Waals surface area contributed by atoms with Crippen LogP contribution in [-0.2, 0) is 15.4 Å². The lowest BCUT2D eigenvalue weighted by atomic mass is 9.86. The highest BCUT2D eigenvalue weighted by Gasteiger charge is 2.34. The zero-order valence-corrected chi connectivity index (χ0v) is 26.9. The van der Waals surface area contributed by atoms with Crippen LogP contribution in [-0.4, -0.2) is 43.8 Å². The molecule has 0 spiro atoms. The first-order chi connectivity index (χ1) is 20.2. The minimum Gasteiger partial charge on any atom is -0.492 e. The van der Waals surface area contributed by atoms with Gasteiger partial charge in [0, 0.05) is 17.5 Å². The number of nitrogens with one attached hydrogen (secondary N) is 2. The highest BCUT2D eigenvalue weighted by atomic mass is 32.2. The van der Waals surface area contributed by atoms with Crippen LogP contribution in [0, 0.1) is 6.92 Å². The standard InChI is InChI=1S/C31H41N7O4S/c1-18(2)38-27(16-32-29(38)20-11-12-20)25-17-37(36-34-25)26-13-21(10-9-19(26)3)30(39)33-23-14-22(31(4,5)6)15-24(28(23)42-7)35-43(8,40)41/h9-10,13-16,18,20,25,35H,11-12,17H2,1-8H3,(H,33,39). The number of amides is 1. The van der Waals surface area contributed by atoms with Crippen molar-refractivity contribution in [3.63, 3.8) is 0 Å². The van der Waals surface area contributed by atoms with Crippen molar-refractivity contribution >= 4 is 33.0 Å². The Morgan fingerprint density at radius 1 is 1.12 bits per heavy atom. The van der Waals surface area contributed by atoms with Gasteiger partial charge in [0.2, 0.25) is 10.0 Å². The highest BCUT2D eigenvalue weighted by Crippen LogP contribution is 2.43. The van der Waals surface area contributed by atoms with Crippen molar-refractivity contribution in [1.29, 1.82) is 0 Å². The molecule has 0 bridgehead atoms. The fourth-order valence-electron chi connectivity index (χ4n) is 5.38. The van der Waals surface area contributed by atoms with Crippen molar-refractivity contribution in [2.45, 2.75) is 77.8 Å². The number of hydrogen-bond acceptors (Lipinski definition) is 8. The highest BCUT2D eigenvalue weighted by molar-refractivity contribution is 7.92. The third kappa shape index (κ3) is 6.53. The molecule has 2 N–H and O–H groups in total. The van der Waals surface area contributed by atoms with E-state index < -0.39 is 10.0 Å². The van der Waals surface area contributed by atoms with Crippen molar-refractivity contribution in [3.8, 4) is 5.75 Å². The molecule has 1 fully saturated rings. The molecule has 3 aromatic rings. The number of aryl methyl sites for hydroxylation is 1. The molecule has 1 saturated carbocycles. The van der Waals surface area contributed by atoms with Gasteiger partial charge in [-0.3, -0.25) is 9.52 Å². The maximum absolute atomic E-state index is 13.6. The first-order valence-electron chi connectivity index (χ1n) is 14.5. The Morgan fingerprint density at radius 3 is 2.42 bits per heavy atom. The molecule has 5 rings (SSSR count). The summed E-state index contributed by atoms with van der Waals surface area (Å²) in [6, 6.07) is 9.09. The zero-order chi connectivity index (χ0) is 31.3. The van der Waals surface area contributed by atoms with Crippen LogP contribution in [0.2, 0.25) is 0 Å². The topological polar surface area (TPSA) is 130 Å². The third-order valence-electron chi connectivity index (χ3n) is 7.75. The zero-order valence-electron chi connectivity index (χ0n) is 26.1. The molecule has 1 aromatic heterocycles. The number of imidazole rings is 1. The third-order valence-corrected chi connectivity index (χ3v) is 8.34. The van der Waals surface area contributed by atoms with E-state index in [1.165, 1.54) is 20.0 Å². The Bertz CT molecular complexity index is 1680. The van der Waals surface area contributed by atoms with Crippen LogP contribution in [0.1, 0.15) is 98.5 Å². The van der Waals surface area contributed by atoms with E-state index in [0.717, 1.165) is 34.6 Å². The molecular formula is C31H41N7O4S. The van der Waals surface area contributed by atoms with Gasteiger partial charge in [-0.2, -0.15) is 5.11 Å². The van der Waals surface area contributed by atoms with Gasteiger partial charge >= 0.3 is 0 Å². The summed E-state index contributed by atoms with van der Waals surface area (Å²) in [6.45, 7) is 12.9. The molecule has 1 unspecified atom stereocenters. The molecule has 1 atom stereocenters. The smallest absolute Gasteiger partial charge is 0.255 e. The van der Waals surface area contributed by atoms with Crippen molar-refractivity contribution in [3.05, 3.63) is 64.7 Å². The molecule has 2 heterocycles. The minimum absolute atomic E-state index is 0.163. The second kappa shape index (κ2) is 11.3. The predicted octanol–water partition coefficient (Wildman–Crippen LogP) is 6.51. The van der Waals surface area contributed by atoms with E-state index in [-0.39, 0.29) is 34.8 Å². The normalized spacial score (nSPS) is 17.0. The van der Waals surface area contributed by atoms with E-state index in [1.807, 2.05) is 51.0 Å². The van der Waals surface area contributed by atoms with Gasteiger partial charge < -0.3 is 14.6 Å². The van der Waals surface area contributed by atoms with E-state index in [2.05, 4.69) is 38.8 Å². The second-order valence-corrected chi connectivity index (χ2v) is 14.5. The number of hydrogen-bond donors (Lipinski definition) is 2. The number of nitrogens with zero attached hydrogens (tertiary/aromatic N) is 5. The average Bonchev–Trinajstić information content (AvgIpc) is 3.46. The van der Waals surface area contributed by atoms with Crippen LogP contribution in [0.15, 0.2) is 46.9 Å². The molecule has 2 aromatic carbocycles. The lowest BCUT2D eigenvalue weighted by Crippen LogP contribution is -2.21. The summed E-state index contributed by atoms with van der Waals surface area (Å²) in [4.78, 5) is 18.3. The number of aromatic nitrogens is 2. The lowest BCUT2D eigenvalue weighted by molar-refractivity contribution is 0.102. The number of anilines is 3. The van der Waals surface area contributed by atoms with Crippen LogP contribution >= 0.6 is 0 Å². The van der Waals surface area contributed by atoms with Crippen LogP contribution in [0.25, 0.3) is 0 Å². The van der Waals surface area contributed by atoms with Crippen molar-refractivity contribution in [2.24, 2.45) is 10.3 Å². The Hall–Kier alpha value is -3.93. The summed E-state index contributed by atoms with van der Waals surface area (Å²) >= 11 is 0. The summed E-state index contributed by atoms with van der Waals surface area (Å²) in [5, 5.41) is 13.9. The van der Waals surface area contributed by atoms with Crippen LogP contribution in [0.3, 0.4) is 0 Å². The molecule has 0 radical (unpaired) electrons. The Labute approximate surface area is 253 Å². The van der Waals surface area contributed by atoms with Gasteiger partial charge in [0.1, 0.15) is 11.9 Å². The SMILES string of the molecule is COc1c(NC(=O)c2ccc(C)c(N3CC(c4cnc(C5CC5)n4C(C)C)N=N3)c2)cc(C(C)(C)C)cc1NS(C)(=O)=O. The molecule has 12 heteroatoms. The monoisotopic (exact) mass is 607 g/mol. The lowest BCUT2D eigenvalue weighted by Gasteiger charge is -2.24. The maximum atomic E-state index is 13.6. The summed E-state index contributed by atoms with van der Waals surface area (Å²) in [6.07, 6.45) is 5.36. The fraction of sp³-hybridized carbons (Fsp3) is 0.484. The minimum atomic E-state index is -3.59. The quantitative estimate of drug-likeness (QED) is 0.285. The Morgan fingerprint density at radius 2 is 1.81 bits per heavy atom. The molecule has 43 heavy (non-hydrogen) atoms. The van der Waals surface area contributed by atoms with Gasteiger partial charge in [-0.1, -0.05) is 32.1 Å². The summed E-state index contributed by atoms with van der Waals surface area (Å²) in [5.41, 5.74) is 4.34. The van der Waals surface area contributed by atoms with Crippen LogP contribution in [0.5, 0.6) is 5.75 Å². The molecule has 1 aliphatic carbocycles. The average molecular weight is 608 g/mol. The first-order valence-corrected chi connectivity index (χ1v) is 16.4. The molecule has 1 aliphatic heterocycles. The van der Waals surface area contributed by atoms with E-state index in [9.17, 15) is 13.2 Å². The van der Waals surface area contributed by atoms with Crippen molar-refractivity contribution in [2.75, 3.05) is 35.0 Å². The number of sulfonamides is 1. The van der Waals surface area contributed by atoms with Crippen LogP contribution < -0.4 is 19.8 Å². The Kier molecular flexibility index (Phi) is 8.02. The molecule has 11 nitrogen and oxygen atoms in total. The van der Waals surface area contributed by atoms with E-state index >= 15 is 0 Å². The number of ether oxygens (including phenoxy) is 1. The van der Waals surface area contributed by atoms with Gasteiger partial charge in [-0.15, -0.1) is 0 Å². The number of carbonyl (C=O) groups is 1. The first kappa shape index (κ1) is 30.5. The predicted molar refractivity (Wildman–Crippen MR) is 169 cm³/mol. The van der Waals surface area contributed by atoms with Gasteiger partial charge in [0.15, 0.2) is 5.75 Å². The molecule has 0 saturated heterocycles. The van der Waals surface area contributed by atoms with Crippen molar-refractivity contribution < 1.29 is 17.9 Å². The number of benzene rings is 2. The summed E-state index contributed by atoms with van der Waals surface area (Å²) < 4.78 is 34.6. The van der Waals surface area contributed by atoms with Crippen LogP contribution in [0.4, 0.5) is 17.1 Å². The maximum Gasteiger partial charge on any atom is 0.255 e. The number of carbonyl (C=O) groups excluding carboxylic acids is 1. The van der Waals surface area contributed by atoms with Gasteiger partial charge in [0.05, 0.1) is 48.9 Å². The van der Waals surface area contributed by atoms with E-state index in [4.69, 9.17) is 9.72 Å².